The molecule has 0 aliphatic carbocycles. The van der Waals surface area contributed by atoms with Crippen molar-refractivity contribution in [2.45, 2.75) is 45.4 Å². The number of ether oxygens (including phenoxy) is 2. The first-order chi connectivity index (χ1) is 16.4. The first-order valence-corrected chi connectivity index (χ1v) is 12.3. The number of nitrogens with zero attached hydrogens (tertiary/aromatic N) is 3. The predicted octanol–water partition coefficient (Wildman–Crippen LogP) is 4.74. The number of rotatable bonds is 6. The van der Waals surface area contributed by atoms with E-state index in [4.69, 9.17) is 26.1 Å². The van der Waals surface area contributed by atoms with E-state index in [2.05, 4.69) is 12.2 Å². The van der Waals surface area contributed by atoms with Crippen LogP contribution in [-0.4, -0.2) is 67.1 Å². The lowest BCUT2D eigenvalue weighted by molar-refractivity contribution is 0.156. The molecule has 2 aromatic rings. The third-order valence-corrected chi connectivity index (χ3v) is 6.43. The molecule has 4 rings (SSSR count). The van der Waals surface area contributed by atoms with Crippen molar-refractivity contribution >= 4 is 23.5 Å². The second-order valence-electron chi connectivity index (χ2n) is 8.84. The topological polar surface area (TPSA) is 66.4 Å². The van der Waals surface area contributed by atoms with Gasteiger partial charge in [0, 0.05) is 37.3 Å². The number of methoxy groups -OCH3 is 1. The summed E-state index contributed by atoms with van der Waals surface area (Å²) in [4.78, 5) is 22.9. The quantitative estimate of drug-likeness (QED) is 0.643. The second kappa shape index (κ2) is 10.7. The summed E-state index contributed by atoms with van der Waals surface area (Å²) in [6.45, 7) is 8.93. The van der Waals surface area contributed by atoms with Crippen LogP contribution in [0.3, 0.4) is 0 Å². The van der Waals surface area contributed by atoms with Gasteiger partial charge in [-0.3, -0.25) is 9.89 Å². The molecule has 2 aromatic carbocycles. The summed E-state index contributed by atoms with van der Waals surface area (Å²) in [5.41, 5.74) is 1.80. The van der Waals surface area contributed by atoms with Crippen LogP contribution in [0.4, 0.5) is 4.79 Å². The molecule has 1 fully saturated rings. The summed E-state index contributed by atoms with van der Waals surface area (Å²) >= 11 is 6.18. The van der Waals surface area contributed by atoms with Gasteiger partial charge in [-0.25, -0.2) is 4.79 Å². The zero-order valence-corrected chi connectivity index (χ0v) is 21.0. The number of hydrogen-bond donors (Lipinski definition) is 1. The van der Waals surface area contributed by atoms with Gasteiger partial charge >= 0.3 is 6.03 Å². The maximum Gasteiger partial charge on any atom is 0.326 e. The number of carbonyl (C=O) groups is 1. The van der Waals surface area contributed by atoms with Gasteiger partial charge in [0.15, 0.2) is 0 Å². The Kier molecular flexibility index (Phi) is 7.63. The van der Waals surface area contributed by atoms with Gasteiger partial charge in [-0.15, -0.1) is 0 Å². The van der Waals surface area contributed by atoms with Crippen molar-refractivity contribution in [3.05, 3.63) is 58.6 Å². The fourth-order valence-corrected chi connectivity index (χ4v) is 4.65. The fraction of sp³-hybridized carbons (Fsp3) is 0.462. The Balaban J connectivity index is 1.82. The third-order valence-electron chi connectivity index (χ3n) is 6.17. The molecule has 2 atom stereocenters. The first-order valence-electron chi connectivity index (χ1n) is 11.9. The first kappa shape index (κ1) is 24.4. The van der Waals surface area contributed by atoms with E-state index in [0.717, 1.165) is 30.6 Å². The average Bonchev–Trinajstić information content (AvgIpc) is 3.23. The van der Waals surface area contributed by atoms with Crippen LogP contribution in [0.2, 0.25) is 5.02 Å². The molecule has 0 bridgehead atoms. The monoisotopic (exact) mass is 484 g/mol. The number of aliphatic imine (C=N–C) groups is 1. The molecule has 2 heterocycles. The Labute approximate surface area is 206 Å². The fourth-order valence-electron chi connectivity index (χ4n) is 4.52. The Bertz CT molecular complexity index is 1030. The number of carbonyl (C=O) groups excluding carboxylic acids is 1. The van der Waals surface area contributed by atoms with Crippen LogP contribution in [0.5, 0.6) is 11.5 Å². The lowest BCUT2D eigenvalue weighted by atomic mass is 9.97. The van der Waals surface area contributed by atoms with Crippen molar-refractivity contribution in [3.63, 3.8) is 0 Å². The molecule has 182 valence electrons. The Morgan fingerprint density at radius 1 is 1.18 bits per heavy atom. The highest BCUT2D eigenvalue weighted by Gasteiger charge is 2.43. The summed E-state index contributed by atoms with van der Waals surface area (Å²) in [6, 6.07) is 13.1. The summed E-state index contributed by atoms with van der Waals surface area (Å²) in [5.74, 6) is 1.98. The van der Waals surface area contributed by atoms with Gasteiger partial charge in [-0.05, 0) is 50.1 Å². The number of nitrogens with one attached hydrogen (secondary N) is 1. The largest absolute Gasteiger partial charge is 0.497 e. The number of halogens is 1. The van der Waals surface area contributed by atoms with Crippen molar-refractivity contribution in [2.75, 3.05) is 33.3 Å². The van der Waals surface area contributed by atoms with E-state index < -0.39 is 0 Å². The minimum Gasteiger partial charge on any atom is -0.497 e. The summed E-state index contributed by atoms with van der Waals surface area (Å²) in [5, 5.41) is 3.99. The van der Waals surface area contributed by atoms with E-state index in [0.29, 0.717) is 35.4 Å². The van der Waals surface area contributed by atoms with E-state index in [1.54, 1.807) is 7.11 Å². The third kappa shape index (κ3) is 5.00. The van der Waals surface area contributed by atoms with Gasteiger partial charge in [0.2, 0.25) is 0 Å². The number of hydrogen-bond acceptors (Lipinski definition) is 5. The van der Waals surface area contributed by atoms with Crippen molar-refractivity contribution in [2.24, 2.45) is 4.99 Å². The molecule has 7 nitrogen and oxygen atoms in total. The molecule has 1 saturated heterocycles. The zero-order valence-electron chi connectivity index (χ0n) is 20.3. The number of urea groups is 1. The van der Waals surface area contributed by atoms with Gasteiger partial charge in [-0.1, -0.05) is 30.7 Å². The molecule has 2 amide bonds. The second-order valence-corrected chi connectivity index (χ2v) is 9.28. The van der Waals surface area contributed by atoms with E-state index >= 15 is 0 Å². The Hall–Kier alpha value is -2.77. The molecule has 0 spiro atoms. The molecule has 1 unspecified atom stereocenters. The van der Waals surface area contributed by atoms with Gasteiger partial charge < -0.3 is 19.7 Å². The summed E-state index contributed by atoms with van der Waals surface area (Å²) in [7, 11) is 1.63. The summed E-state index contributed by atoms with van der Waals surface area (Å²) < 4.78 is 11.6. The normalized spacial score (nSPS) is 20.5. The van der Waals surface area contributed by atoms with Crippen molar-refractivity contribution < 1.29 is 14.3 Å². The molecule has 34 heavy (non-hydrogen) atoms. The number of piperazine rings is 1. The molecular weight excluding hydrogens is 452 g/mol. The minimum atomic E-state index is -0.228. The number of amides is 2. The van der Waals surface area contributed by atoms with Crippen LogP contribution < -0.4 is 14.8 Å². The number of benzene rings is 2. The Morgan fingerprint density at radius 2 is 1.88 bits per heavy atom. The van der Waals surface area contributed by atoms with Crippen LogP contribution in [-0.2, 0) is 0 Å². The molecule has 1 N–H and O–H groups in total. The van der Waals surface area contributed by atoms with Gasteiger partial charge in [0.25, 0.3) is 0 Å². The Morgan fingerprint density at radius 3 is 2.50 bits per heavy atom. The minimum absolute atomic E-state index is 0.0394. The van der Waals surface area contributed by atoms with Crippen molar-refractivity contribution in [1.82, 2.24) is 15.1 Å². The number of amidine groups is 1. The van der Waals surface area contributed by atoms with Gasteiger partial charge in [-0.2, -0.15) is 0 Å². The molecule has 2 aliphatic heterocycles. The maximum absolute atomic E-state index is 14.0. The predicted molar refractivity (Wildman–Crippen MR) is 135 cm³/mol. The zero-order chi connectivity index (χ0) is 24.2. The van der Waals surface area contributed by atoms with Crippen LogP contribution in [0, 0.1) is 0 Å². The van der Waals surface area contributed by atoms with E-state index in [1.807, 2.05) is 66.1 Å². The highest BCUT2D eigenvalue weighted by atomic mass is 35.5. The highest BCUT2D eigenvalue weighted by molar-refractivity contribution is 6.30. The lowest BCUT2D eigenvalue weighted by Crippen LogP contribution is -2.53. The molecule has 0 saturated carbocycles. The van der Waals surface area contributed by atoms with Crippen LogP contribution in [0.1, 0.15) is 44.4 Å². The molecule has 0 aromatic heterocycles. The smallest absolute Gasteiger partial charge is 0.326 e. The lowest BCUT2D eigenvalue weighted by Gasteiger charge is -2.36. The van der Waals surface area contributed by atoms with Crippen LogP contribution in [0.15, 0.2) is 47.5 Å². The van der Waals surface area contributed by atoms with Gasteiger partial charge in [0.05, 0.1) is 30.9 Å². The van der Waals surface area contributed by atoms with E-state index in [1.165, 1.54) is 0 Å². The van der Waals surface area contributed by atoms with E-state index in [9.17, 15) is 4.79 Å². The van der Waals surface area contributed by atoms with E-state index in [-0.39, 0.29) is 24.2 Å². The molecule has 8 heteroatoms. The van der Waals surface area contributed by atoms with Crippen molar-refractivity contribution in [1.29, 1.82) is 0 Å². The molecule has 0 radical (unpaired) electrons. The SMILES string of the molecule is CCC1N=C(c2ccc(OC)cc2OC(C)C)N(C(=O)N2CCNCC2)[C@H]1c1ccc(Cl)cc1. The van der Waals surface area contributed by atoms with Crippen LogP contribution in [0.25, 0.3) is 0 Å². The van der Waals surface area contributed by atoms with Crippen molar-refractivity contribution in [3.8, 4) is 11.5 Å². The molecular formula is C26H33ClN4O3. The van der Waals surface area contributed by atoms with Gasteiger partial charge in [0.1, 0.15) is 17.3 Å². The molecule has 2 aliphatic rings. The van der Waals surface area contributed by atoms with Crippen LogP contribution >= 0.6 is 11.6 Å². The highest BCUT2D eigenvalue weighted by Crippen LogP contribution is 2.39. The standard InChI is InChI=1S/C26H33ClN4O3/c1-5-22-24(18-6-8-19(27)9-7-18)31(26(32)30-14-12-28-13-15-30)25(29-22)21-11-10-20(33-4)16-23(21)34-17(2)3/h6-11,16-17,22,24,28H,5,12-15H2,1-4H3/t22?,24-/m0/s1. The summed E-state index contributed by atoms with van der Waals surface area (Å²) in [6.07, 6.45) is 0.748. The average molecular weight is 485 g/mol. The maximum atomic E-state index is 14.0.